The van der Waals surface area contributed by atoms with Gasteiger partial charge in [-0.15, -0.1) is 10.2 Å². The van der Waals surface area contributed by atoms with Gasteiger partial charge in [-0.3, -0.25) is 9.78 Å². The van der Waals surface area contributed by atoms with Crippen molar-refractivity contribution in [2.45, 2.75) is 51.2 Å². The molecule has 0 spiro atoms. The van der Waals surface area contributed by atoms with Gasteiger partial charge in [0.05, 0.1) is 0 Å². The van der Waals surface area contributed by atoms with Crippen LogP contribution in [0.15, 0.2) is 29.7 Å². The highest BCUT2D eigenvalue weighted by Gasteiger charge is 2.12. The number of amides is 1. The van der Waals surface area contributed by atoms with E-state index in [0.717, 1.165) is 42.4 Å². The van der Waals surface area contributed by atoms with Crippen molar-refractivity contribution >= 4 is 17.7 Å². The molecule has 0 aliphatic heterocycles. The maximum Gasteiger partial charge on any atom is 0.220 e. The number of carbonyl (C=O) groups excluding carboxylic acids is 1. The van der Waals surface area contributed by atoms with Gasteiger partial charge in [0, 0.05) is 38.3 Å². The Morgan fingerprint density at radius 1 is 1.32 bits per heavy atom. The van der Waals surface area contributed by atoms with Crippen LogP contribution in [-0.2, 0) is 24.2 Å². The molecule has 0 aromatic carbocycles. The summed E-state index contributed by atoms with van der Waals surface area (Å²) in [5, 5.41) is 12.5. The molecule has 0 bridgehead atoms. The summed E-state index contributed by atoms with van der Waals surface area (Å²) in [7, 11) is 0. The number of hydrogen-bond acceptors (Lipinski definition) is 5. The van der Waals surface area contributed by atoms with E-state index in [0.29, 0.717) is 18.9 Å². The molecular formula is C18H27N5OS. The van der Waals surface area contributed by atoms with E-state index in [1.165, 1.54) is 0 Å². The first-order chi connectivity index (χ1) is 12.1. The number of nitrogens with one attached hydrogen (secondary N) is 1. The zero-order valence-electron chi connectivity index (χ0n) is 15.2. The van der Waals surface area contributed by atoms with Gasteiger partial charge in [-0.05, 0) is 36.6 Å². The van der Waals surface area contributed by atoms with Crippen molar-refractivity contribution in [2.75, 3.05) is 12.8 Å². The molecule has 0 unspecified atom stereocenters. The van der Waals surface area contributed by atoms with E-state index < -0.39 is 0 Å². The Bertz CT molecular complexity index is 657. The molecule has 0 saturated carbocycles. The highest BCUT2D eigenvalue weighted by atomic mass is 32.2. The summed E-state index contributed by atoms with van der Waals surface area (Å²) in [6, 6.07) is 3.88. The van der Waals surface area contributed by atoms with Crippen LogP contribution in [0.3, 0.4) is 0 Å². The molecule has 2 aromatic rings. The smallest absolute Gasteiger partial charge is 0.220 e. The van der Waals surface area contributed by atoms with Crippen LogP contribution < -0.4 is 5.32 Å². The molecule has 0 saturated heterocycles. The van der Waals surface area contributed by atoms with Crippen molar-refractivity contribution < 1.29 is 4.79 Å². The number of thioether (sulfide) groups is 1. The van der Waals surface area contributed by atoms with Crippen LogP contribution in [0.2, 0.25) is 0 Å². The van der Waals surface area contributed by atoms with Crippen LogP contribution in [-0.4, -0.2) is 38.5 Å². The fraction of sp³-hybridized carbons (Fsp3) is 0.556. The molecular weight excluding hydrogens is 334 g/mol. The highest BCUT2D eigenvalue weighted by molar-refractivity contribution is 7.98. The van der Waals surface area contributed by atoms with Gasteiger partial charge in [0.1, 0.15) is 5.82 Å². The molecule has 0 atom stereocenters. The second kappa shape index (κ2) is 10.2. The quantitative estimate of drug-likeness (QED) is 0.520. The first kappa shape index (κ1) is 19.4. The summed E-state index contributed by atoms with van der Waals surface area (Å²) in [6.45, 7) is 5.97. The lowest BCUT2D eigenvalue weighted by atomic mass is 10.1. The van der Waals surface area contributed by atoms with Crippen LogP contribution in [0.4, 0.5) is 0 Å². The summed E-state index contributed by atoms with van der Waals surface area (Å²) in [4.78, 5) is 16.0. The minimum atomic E-state index is 0.0808. The Labute approximate surface area is 153 Å². The topological polar surface area (TPSA) is 72.7 Å². The van der Waals surface area contributed by atoms with Crippen LogP contribution in [0, 0.1) is 5.92 Å². The first-order valence-electron chi connectivity index (χ1n) is 8.71. The Hall–Kier alpha value is -1.89. The number of hydrogen-bond donors (Lipinski definition) is 1. The number of carbonyl (C=O) groups is 1. The molecule has 25 heavy (non-hydrogen) atoms. The minimum Gasteiger partial charge on any atom is -0.356 e. The Morgan fingerprint density at radius 2 is 2.16 bits per heavy atom. The summed E-state index contributed by atoms with van der Waals surface area (Å²) in [5.74, 6) is 1.63. The van der Waals surface area contributed by atoms with Crippen LogP contribution in [0.25, 0.3) is 0 Å². The second-order valence-electron chi connectivity index (χ2n) is 6.42. The third kappa shape index (κ3) is 6.49. The Kier molecular flexibility index (Phi) is 7.91. The molecule has 0 aliphatic rings. The predicted molar refractivity (Wildman–Crippen MR) is 101 cm³/mol. The van der Waals surface area contributed by atoms with Crippen LogP contribution >= 0.6 is 11.8 Å². The molecule has 6 nitrogen and oxygen atoms in total. The van der Waals surface area contributed by atoms with E-state index in [9.17, 15) is 4.79 Å². The molecule has 136 valence electrons. The molecule has 1 amide bonds. The van der Waals surface area contributed by atoms with Gasteiger partial charge in [-0.2, -0.15) is 0 Å². The molecule has 2 heterocycles. The fourth-order valence-corrected chi connectivity index (χ4v) is 3.09. The fourth-order valence-electron chi connectivity index (χ4n) is 2.57. The summed E-state index contributed by atoms with van der Waals surface area (Å²) >= 11 is 1.62. The van der Waals surface area contributed by atoms with Gasteiger partial charge in [0.25, 0.3) is 0 Å². The number of aryl methyl sites for hydroxylation is 2. The monoisotopic (exact) mass is 361 g/mol. The van der Waals surface area contributed by atoms with Crippen molar-refractivity contribution in [3.05, 3.63) is 35.9 Å². The van der Waals surface area contributed by atoms with Gasteiger partial charge < -0.3 is 9.88 Å². The van der Waals surface area contributed by atoms with E-state index in [2.05, 4.69) is 38.9 Å². The van der Waals surface area contributed by atoms with E-state index in [1.54, 1.807) is 24.2 Å². The third-order valence-corrected chi connectivity index (χ3v) is 4.45. The summed E-state index contributed by atoms with van der Waals surface area (Å²) in [5.41, 5.74) is 1.09. The Balaban J connectivity index is 1.72. The molecule has 7 heteroatoms. The van der Waals surface area contributed by atoms with E-state index in [4.69, 9.17) is 0 Å². The highest BCUT2D eigenvalue weighted by Crippen LogP contribution is 2.16. The van der Waals surface area contributed by atoms with Gasteiger partial charge in [-0.1, -0.05) is 31.7 Å². The largest absolute Gasteiger partial charge is 0.356 e. The maximum absolute atomic E-state index is 11.9. The van der Waals surface area contributed by atoms with E-state index in [1.807, 2.05) is 18.4 Å². The molecule has 1 N–H and O–H groups in total. The zero-order valence-corrected chi connectivity index (χ0v) is 16.1. The number of aromatic nitrogens is 4. The van der Waals surface area contributed by atoms with Crippen molar-refractivity contribution in [3.8, 4) is 0 Å². The lowest BCUT2D eigenvalue weighted by molar-refractivity contribution is -0.121. The minimum absolute atomic E-state index is 0.0808. The van der Waals surface area contributed by atoms with Crippen molar-refractivity contribution in [1.29, 1.82) is 0 Å². The van der Waals surface area contributed by atoms with Crippen LogP contribution in [0.5, 0.6) is 0 Å². The van der Waals surface area contributed by atoms with E-state index in [-0.39, 0.29) is 5.91 Å². The lowest BCUT2D eigenvalue weighted by Crippen LogP contribution is -2.25. The van der Waals surface area contributed by atoms with E-state index >= 15 is 0 Å². The molecule has 0 aliphatic carbocycles. The Morgan fingerprint density at radius 3 is 2.84 bits per heavy atom. The van der Waals surface area contributed by atoms with Gasteiger partial charge in [0.15, 0.2) is 5.16 Å². The summed E-state index contributed by atoms with van der Waals surface area (Å²) in [6.07, 6.45) is 8.47. The second-order valence-corrected chi connectivity index (χ2v) is 7.20. The molecule has 0 fully saturated rings. The molecule has 2 aromatic heterocycles. The van der Waals surface area contributed by atoms with Crippen molar-refractivity contribution in [2.24, 2.45) is 5.92 Å². The third-order valence-electron chi connectivity index (χ3n) is 3.79. The average Bonchev–Trinajstić information content (AvgIpc) is 2.99. The van der Waals surface area contributed by atoms with Gasteiger partial charge >= 0.3 is 0 Å². The standard InChI is InChI=1S/C18H27N5OS/c1-14(2)13-23-16(21-22-18(23)25-3)7-5-11-20-17(24)9-8-15-6-4-10-19-12-15/h4,6,10,12,14H,5,7-9,11,13H2,1-3H3,(H,20,24). The number of rotatable bonds is 10. The molecule has 0 radical (unpaired) electrons. The summed E-state index contributed by atoms with van der Waals surface area (Å²) < 4.78 is 2.19. The molecule has 2 rings (SSSR count). The zero-order chi connectivity index (χ0) is 18.1. The maximum atomic E-state index is 11.9. The van der Waals surface area contributed by atoms with Gasteiger partial charge in [0.2, 0.25) is 5.91 Å². The SMILES string of the molecule is CSc1nnc(CCCNC(=O)CCc2cccnc2)n1CC(C)C. The van der Waals surface area contributed by atoms with Gasteiger partial charge in [-0.25, -0.2) is 0 Å². The normalized spacial score (nSPS) is 11.0. The lowest BCUT2D eigenvalue weighted by Gasteiger charge is -2.11. The van der Waals surface area contributed by atoms with Crippen molar-refractivity contribution in [1.82, 2.24) is 25.1 Å². The van der Waals surface area contributed by atoms with Crippen molar-refractivity contribution in [3.63, 3.8) is 0 Å². The average molecular weight is 362 g/mol. The number of pyridine rings is 1. The van der Waals surface area contributed by atoms with Crippen LogP contribution in [0.1, 0.15) is 38.1 Å². The first-order valence-corrected chi connectivity index (χ1v) is 9.94. The predicted octanol–water partition coefficient (Wildman–Crippen LogP) is 2.73. The number of nitrogens with zero attached hydrogens (tertiary/aromatic N) is 4.